The fourth-order valence-corrected chi connectivity index (χ4v) is 1.36. The van der Waals surface area contributed by atoms with Gasteiger partial charge in [-0.15, -0.1) is 0 Å². The van der Waals surface area contributed by atoms with Gasteiger partial charge in [-0.25, -0.2) is 9.97 Å². The van der Waals surface area contributed by atoms with Crippen LogP contribution in [-0.4, -0.2) is 36.1 Å². The first-order valence-corrected chi connectivity index (χ1v) is 5.06. The molecule has 88 valence electrons. The fraction of sp³-hybridized carbons (Fsp3) is 0.444. The van der Waals surface area contributed by atoms with Gasteiger partial charge < -0.3 is 15.4 Å². The zero-order valence-corrected chi connectivity index (χ0v) is 9.86. The SMILES string of the molecule is CCOC(=O)CN(C)c1ncnc(N)c1Cl. The average molecular weight is 245 g/mol. The van der Waals surface area contributed by atoms with Crippen LogP contribution in [0.5, 0.6) is 0 Å². The second-order valence-corrected chi connectivity index (χ2v) is 3.44. The summed E-state index contributed by atoms with van der Waals surface area (Å²) in [6, 6.07) is 0. The van der Waals surface area contributed by atoms with Gasteiger partial charge in [0.25, 0.3) is 0 Å². The predicted molar refractivity (Wildman–Crippen MR) is 61.4 cm³/mol. The summed E-state index contributed by atoms with van der Waals surface area (Å²) >= 11 is 5.90. The predicted octanol–water partition coefficient (Wildman–Crippen LogP) is 0.711. The van der Waals surface area contributed by atoms with Gasteiger partial charge in [0.2, 0.25) is 0 Å². The van der Waals surface area contributed by atoms with Crippen molar-refractivity contribution in [1.29, 1.82) is 0 Å². The van der Waals surface area contributed by atoms with E-state index in [1.54, 1.807) is 18.9 Å². The topological polar surface area (TPSA) is 81.3 Å². The Kier molecular flexibility index (Phi) is 4.30. The maximum Gasteiger partial charge on any atom is 0.325 e. The van der Waals surface area contributed by atoms with Gasteiger partial charge in [0.05, 0.1) is 6.61 Å². The number of esters is 1. The molecule has 6 nitrogen and oxygen atoms in total. The number of halogens is 1. The minimum Gasteiger partial charge on any atom is -0.465 e. The molecule has 0 saturated heterocycles. The molecule has 16 heavy (non-hydrogen) atoms. The molecular formula is C9H13ClN4O2. The van der Waals surface area contributed by atoms with E-state index < -0.39 is 0 Å². The zero-order valence-electron chi connectivity index (χ0n) is 9.11. The second-order valence-electron chi connectivity index (χ2n) is 3.06. The first-order chi connectivity index (χ1) is 7.56. The molecule has 0 aliphatic carbocycles. The van der Waals surface area contributed by atoms with Crippen LogP contribution in [0.4, 0.5) is 11.6 Å². The molecule has 0 atom stereocenters. The number of hydrogen-bond acceptors (Lipinski definition) is 6. The molecule has 1 heterocycles. The summed E-state index contributed by atoms with van der Waals surface area (Å²) < 4.78 is 4.81. The van der Waals surface area contributed by atoms with E-state index in [0.29, 0.717) is 12.4 Å². The smallest absolute Gasteiger partial charge is 0.325 e. The summed E-state index contributed by atoms with van der Waals surface area (Å²) in [6.07, 6.45) is 1.29. The van der Waals surface area contributed by atoms with Gasteiger partial charge in [-0.2, -0.15) is 0 Å². The third-order valence-corrected chi connectivity index (χ3v) is 2.19. The molecule has 1 rings (SSSR count). The number of carbonyl (C=O) groups is 1. The minimum absolute atomic E-state index is 0.0595. The quantitative estimate of drug-likeness (QED) is 0.786. The van der Waals surface area contributed by atoms with Crippen LogP contribution >= 0.6 is 11.6 Å². The van der Waals surface area contributed by atoms with Crippen molar-refractivity contribution in [2.45, 2.75) is 6.92 Å². The molecule has 7 heteroatoms. The number of nitrogens with zero attached hydrogens (tertiary/aromatic N) is 3. The highest BCUT2D eigenvalue weighted by molar-refractivity contribution is 6.35. The van der Waals surface area contributed by atoms with Crippen molar-refractivity contribution in [3.63, 3.8) is 0 Å². The zero-order chi connectivity index (χ0) is 12.1. The monoisotopic (exact) mass is 244 g/mol. The molecule has 0 spiro atoms. The highest BCUT2D eigenvalue weighted by atomic mass is 35.5. The number of rotatable bonds is 4. The van der Waals surface area contributed by atoms with Crippen LogP contribution in [0.1, 0.15) is 6.92 Å². The molecule has 0 aliphatic rings. The lowest BCUT2D eigenvalue weighted by atomic mass is 10.4. The first-order valence-electron chi connectivity index (χ1n) is 4.69. The van der Waals surface area contributed by atoms with Crippen LogP contribution in [0.3, 0.4) is 0 Å². The number of ether oxygens (including phenoxy) is 1. The highest BCUT2D eigenvalue weighted by Gasteiger charge is 2.14. The Bertz CT molecular complexity index is 386. The van der Waals surface area contributed by atoms with Crippen LogP contribution in [0.2, 0.25) is 5.02 Å². The van der Waals surface area contributed by atoms with E-state index in [1.165, 1.54) is 6.33 Å². The molecule has 1 aromatic rings. The summed E-state index contributed by atoms with van der Waals surface area (Å²) in [5, 5.41) is 0.231. The van der Waals surface area contributed by atoms with Gasteiger partial charge in [-0.05, 0) is 6.92 Å². The Morgan fingerprint density at radius 1 is 1.62 bits per heavy atom. The number of nitrogen functional groups attached to an aromatic ring is 1. The van der Waals surface area contributed by atoms with E-state index >= 15 is 0 Å². The first kappa shape index (κ1) is 12.5. The van der Waals surface area contributed by atoms with Gasteiger partial charge in [0.15, 0.2) is 5.82 Å². The molecular weight excluding hydrogens is 232 g/mol. The second kappa shape index (κ2) is 5.50. The molecule has 0 radical (unpaired) electrons. The maximum absolute atomic E-state index is 11.2. The van der Waals surface area contributed by atoms with Crippen molar-refractivity contribution in [3.05, 3.63) is 11.3 Å². The molecule has 0 bridgehead atoms. The van der Waals surface area contributed by atoms with Crippen LogP contribution in [0.15, 0.2) is 6.33 Å². The van der Waals surface area contributed by atoms with Crippen LogP contribution in [-0.2, 0) is 9.53 Å². The van der Waals surface area contributed by atoms with Crippen LogP contribution in [0.25, 0.3) is 0 Å². The molecule has 1 aromatic heterocycles. The average Bonchev–Trinajstić information content (AvgIpc) is 2.22. The van der Waals surface area contributed by atoms with Gasteiger partial charge in [-0.1, -0.05) is 11.6 Å². The van der Waals surface area contributed by atoms with Crippen LogP contribution in [0, 0.1) is 0 Å². The minimum atomic E-state index is -0.349. The lowest BCUT2D eigenvalue weighted by Crippen LogP contribution is -2.28. The summed E-state index contributed by atoms with van der Waals surface area (Å²) in [5.74, 6) is 0.239. The molecule has 0 saturated carbocycles. The largest absolute Gasteiger partial charge is 0.465 e. The summed E-state index contributed by atoms with van der Waals surface area (Å²) in [7, 11) is 1.67. The Hall–Kier alpha value is -1.56. The number of anilines is 2. The number of likely N-dealkylation sites (N-methyl/N-ethyl adjacent to an activating group) is 1. The number of nitrogens with two attached hydrogens (primary N) is 1. The van der Waals surface area contributed by atoms with Crippen molar-refractivity contribution in [1.82, 2.24) is 9.97 Å². The Morgan fingerprint density at radius 2 is 2.31 bits per heavy atom. The molecule has 0 fully saturated rings. The Labute approximate surface area is 98.4 Å². The number of carbonyl (C=O) groups excluding carboxylic acids is 1. The maximum atomic E-state index is 11.2. The van der Waals surface area contributed by atoms with Crippen molar-refractivity contribution in [2.75, 3.05) is 30.8 Å². The molecule has 0 unspecified atom stereocenters. The fourth-order valence-electron chi connectivity index (χ4n) is 1.11. The third kappa shape index (κ3) is 2.96. The lowest BCUT2D eigenvalue weighted by Gasteiger charge is -2.18. The summed E-state index contributed by atoms with van der Waals surface area (Å²) in [5.41, 5.74) is 5.52. The van der Waals surface area contributed by atoms with E-state index in [4.69, 9.17) is 22.1 Å². The third-order valence-electron chi connectivity index (χ3n) is 1.83. The van der Waals surface area contributed by atoms with Crippen molar-refractivity contribution in [3.8, 4) is 0 Å². The molecule has 0 aliphatic heterocycles. The number of hydrogen-bond donors (Lipinski definition) is 1. The molecule has 2 N–H and O–H groups in total. The van der Waals surface area contributed by atoms with Gasteiger partial charge in [-0.3, -0.25) is 4.79 Å². The van der Waals surface area contributed by atoms with E-state index in [9.17, 15) is 4.79 Å². The molecule has 0 amide bonds. The van der Waals surface area contributed by atoms with Crippen molar-refractivity contribution >= 4 is 29.2 Å². The summed E-state index contributed by atoms with van der Waals surface area (Å²) in [4.78, 5) is 20.5. The summed E-state index contributed by atoms with van der Waals surface area (Å²) in [6.45, 7) is 2.14. The highest BCUT2D eigenvalue weighted by Crippen LogP contribution is 2.25. The van der Waals surface area contributed by atoms with Crippen LogP contribution < -0.4 is 10.6 Å². The Balaban J connectivity index is 2.76. The van der Waals surface area contributed by atoms with Gasteiger partial charge in [0, 0.05) is 7.05 Å². The van der Waals surface area contributed by atoms with E-state index in [0.717, 1.165) is 0 Å². The number of aromatic nitrogens is 2. The lowest BCUT2D eigenvalue weighted by molar-refractivity contribution is -0.141. The normalized spacial score (nSPS) is 9.94. The van der Waals surface area contributed by atoms with E-state index in [-0.39, 0.29) is 23.4 Å². The van der Waals surface area contributed by atoms with Crippen molar-refractivity contribution in [2.24, 2.45) is 0 Å². The van der Waals surface area contributed by atoms with Gasteiger partial charge in [0.1, 0.15) is 23.7 Å². The Morgan fingerprint density at radius 3 is 2.94 bits per heavy atom. The standard InChI is InChI=1S/C9H13ClN4O2/c1-3-16-6(15)4-14(2)9-7(10)8(11)12-5-13-9/h5H,3-4H2,1-2H3,(H2,11,12,13). The van der Waals surface area contributed by atoms with E-state index in [2.05, 4.69) is 9.97 Å². The van der Waals surface area contributed by atoms with Gasteiger partial charge >= 0.3 is 5.97 Å². The van der Waals surface area contributed by atoms with E-state index in [1.807, 2.05) is 0 Å². The van der Waals surface area contributed by atoms with Crippen molar-refractivity contribution < 1.29 is 9.53 Å². The molecule has 0 aromatic carbocycles.